The van der Waals surface area contributed by atoms with E-state index >= 15 is 0 Å². The maximum Gasteiger partial charge on any atom is 0.234 e. The maximum atomic E-state index is 12.9. The van der Waals surface area contributed by atoms with Gasteiger partial charge in [0.1, 0.15) is 5.75 Å². The minimum atomic E-state index is -0.173. The molecule has 3 rings (SSSR count). The van der Waals surface area contributed by atoms with Gasteiger partial charge in [-0.3, -0.25) is 9.59 Å². The van der Waals surface area contributed by atoms with Crippen LogP contribution in [0.1, 0.15) is 22.6 Å². The molecule has 7 nitrogen and oxygen atoms in total. The quantitative estimate of drug-likeness (QED) is 0.563. The monoisotopic (exact) mass is 424 g/mol. The van der Waals surface area contributed by atoms with Gasteiger partial charge in [-0.15, -0.1) is 0 Å². The molecule has 0 aliphatic carbocycles. The zero-order chi connectivity index (χ0) is 22.2. The van der Waals surface area contributed by atoms with E-state index in [0.29, 0.717) is 13.1 Å². The zero-order valence-corrected chi connectivity index (χ0v) is 18.3. The predicted molar refractivity (Wildman–Crippen MR) is 121 cm³/mol. The third kappa shape index (κ3) is 6.29. The van der Waals surface area contributed by atoms with Crippen LogP contribution >= 0.6 is 0 Å². The number of nitrogens with two attached hydrogens (primary N) is 1. The molecule has 2 amide bonds. The van der Waals surface area contributed by atoms with E-state index in [9.17, 15) is 9.59 Å². The molecular weight excluding hydrogens is 392 g/mol. The number of nitrogens with zero attached hydrogens (tertiary/aromatic N) is 1. The van der Waals surface area contributed by atoms with Crippen LogP contribution in [0.5, 0.6) is 5.75 Å². The Morgan fingerprint density at radius 1 is 1.03 bits per heavy atom. The van der Waals surface area contributed by atoms with Crippen LogP contribution in [0.15, 0.2) is 48.5 Å². The highest BCUT2D eigenvalue weighted by Crippen LogP contribution is 2.32. The third-order valence-electron chi connectivity index (χ3n) is 5.79. The Morgan fingerprint density at radius 2 is 1.71 bits per heavy atom. The van der Waals surface area contributed by atoms with E-state index in [1.54, 1.807) is 7.11 Å². The van der Waals surface area contributed by atoms with E-state index in [4.69, 9.17) is 10.5 Å². The maximum absolute atomic E-state index is 12.9. The van der Waals surface area contributed by atoms with Crippen molar-refractivity contribution in [2.75, 3.05) is 40.3 Å². The van der Waals surface area contributed by atoms with Crippen LogP contribution in [0.25, 0.3) is 0 Å². The molecule has 31 heavy (non-hydrogen) atoms. The van der Waals surface area contributed by atoms with E-state index in [1.807, 2.05) is 43.4 Å². The molecule has 1 heterocycles. The van der Waals surface area contributed by atoms with Crippen LogP contribution in [0.3, 0.4) is 0 Å². The van der Waals surface area contributed by atoms with E-state index in [0.717, 1.165) is 36.4 Å². The molecule has 0 saturated carbocycles. The Morgan fingerprint density at radius 3 is 2.35 bits per heavy atom. The summed E-state index contributed by atoms with van der Waals surface area (Å²) in [5.41, 5.74) is 8.64. The number of hydrogen-bond acceptors (Lipinski definition) is 5. The first kappa shape index (κ1) is 22.8. The number of benzene rings is 2. The summed E-state index contributed by atoms with van der Waals surface area (Å²) in [7, 11) is 3.70. The number of likely N-dealkylation sites (N-methyl/N-ethyl adjacent to an activating group) is 1. The third-order valence-corrected chi connectivity index (χ3v) is 5.79. The number of hydrogen-bond donors (Lipinski definition) is 3. The van der Waals surface area contributed by atoms with Crippen LogP contribution in [-0.2, 0) is 22.6 Å². The molecule has 2 aromatic rings. The van der Waals surface area contributed by atoms with Crippen molar-refractivity contribution in [2.24, 2.45) is 11.7 Å². The fraction of sp³-hybridized carbons (Fsp3) is 0.417. The van der Waals surface area contributed by atoms with Gasteiger partial charge in [0.2, 0.25) is 11.8 Å². The second-order valence-electron chi connectivity index (χ2n) is 8.05. The van der Waals surface area contributed by atoms with Gasteiger partial charge in [0.05, 0.1) is 19.6 Å². The van der Waals surface area contributed by atoms with E-state index < -0.39 is 0 Å². The minimum Gasteiger partial charge on any atom is -0.497 e. The van der Waals surface area contributed by atoms with E-state index in [1.165, 1.54) is 5.56 Å². The van der Waals surface area contributed by atoms with Gasteiger partial charge in [0.25, 0.3) is 0 Å². The van der Waals surface area contributed by atoms with Crippen LogP contribution in [0, 0.1) is 5.92 Å². The molecule has 0 bridgehead atoms. The van der Waals surface area contributed by atoms with Crippen LogP contribution in [0.4, 0.5) is 0 Å². The average molecular weight is 425 g/mol. The first-order valence-corrected chi connectivity index (χ1v) is 10.6. The number of nitrogens with one attached hydrogen (secondary N) is 2. The summed E-state index contributed by atoms with van der Waals surface area (Å²) in [6, 6.07) is 16.0. The van der Waals surface area contributed by atoms with E-state index in [-0.39, 0.29) is 30.2 Å². The smallest absolute Gasteiger partial charge is 0.234 e. The van der Waals surface area contributed by atoms with Crippen molar-refractivity contribution in [2.45, 2.75) is 18.9 Å². The van der Waals surface area contributed by atoms with Gasteiger partial charge in [-0.05, 0) is 42.3 Å². The second-order valence-corrected chi connectivity index (χ2v) is 8.05. The van der Waals surface area contributed by atoms with Crippen molar-refractivity contribution in [1.29, 1.82) is 0 Å². The Balaban J connectivity index is 1.55. The Hall–Kier alpha value is -2.90. The molecule has 0 aromatic heterocycles. The van der Waals surface area contributed by atoms with Gasteiger partial charge in [0.15, 0.2) is 0 Å². The molecule has 1 saturated heterocycles. The lowest BCUT2D eigenvalue weighted by molar-refractivity contribution is -0.125. The minimum absolute atomic E-state index is 0.0122. The van der Waals surface area contributed by atoms with Crippen molar-refractivity contribution >= 4 is 11.8 Å². The van der Waals surface area contributed by atoms with Crippen molar-refractivity contribution < 1.29 is 14.3 Å². The SMILES string of the molecule is COc1ccc(CCNC(=O)[C@H]2CN(C)C[C@H]2c2ccc(CNC(=O)CN)cc2)cc1. The van der Waals surface area contributed by atoms with Crippen molar-refractivity contribution in [3.8, 4) is 5.75 Å². The van der Waals surface area contributed by atoms with Crippen molar-refractivity contribution in [3.05, 3.63) is 65.2 Å². The van der Waals surface area contributed by atoms with Gasteiger partial charge in [-0.25, -0.2) is 0 Å². The molecule has 4 N–H and O–H groups in total. The normalized spacial score (nSPS) is 18.5. The number of methoxy groups -OCH3 is 1. The lowest BCUT2D eigenvalue weighted by Gasteiger charge is -2.19. The van der Waals surface area contributed by atoms with Crippen LogP contribution < -0.4 is 21.1 Å². The van der Waals surface area contributed by atoms with Gasteiger partial charge in [-0.2, -0.15) is 0 Å². The largest absolute Gasteiger partial charge is 0.497 e. The second kappa shape index (κ2) is 10.9. The van der Waals surface area contributed by atoms with Gasteiger partial charge in [-0.1, -0.05) is 36.4 Å². The molecule has 1 aliphatic heterocycles. The number of ether oxygens (including phenoxy) is 1. The molecule has 1 fully saturated rings. The molecule has 0 unspecified atom stereocenters. The molecular formula is C24H32N4O3. The first-order valence-electron chi connectivity index (χ1n) is 10.6. The van der Waals surface area contributed by atoms with Gasteiger partial charge in [0, 0.05) is 32.1 Å². The zero-order valence-electron chi connectivity index (χ0n) is 18.3. The standard InChI is InChI=1S/C24H32N4O3/c1-28-15-21(19-7-3-18(4-8-19)14-27-23(29)13-25)22(16-28)24(30)26-12-11-17-5-9-20(31-2)10-6-17/h3-10,21-22H,11-16,25H2,1-2H3,(H,26,30)(H,27,29)/t21-,22-/m0/s1. The fourth-order valence-electron chi connectivity index (χ4n) is 4.01. The summed E-state index contributed by atoms with van der Waals surface area (Å²) in [6.07, 6.45) is 0.784. The van der Waals surface area contributed by atoms with Gasteiger partial charge >= 0.3 is 0 Å². The van der Waals surface area contributed by atoms with E-state index in [2.05, 4.69) is 27.7 Å². The Labute approximate surface area is 183 Å². The summed E-state index contributed by atoms with van der Waals surface area (Å²) in [5, 5.41) is 5.89. The fourth-order valence-corrected chi connectivity index (χ4v) is 4.01. The molecule has 2 aromatic carbocycles. The lowest BCUT2D eigenvalue weighted by atomic mass is 9.88. The average Bonchev–Trinajstić information content (AvgIpc) is 3.20. The molecule has 2 atom stereocenters. The number of carbonyl (C=O) groups excluding carboxylic acids is 2. The molecule has 1 aliphatic rings. The highest BCUT2D eigenvalue weighted by atomic mass is 16.5. The van der Waals surface area contributed by atoms with Crippen molar-refractivity contribution in [3.63, 3.8) is 0 Å². The number of carbonyl (C=O) groups is 2. The summed E-state index contributed by atoms with van der Waals surface area (Å²) >= 11 is 0. The van der Waals surface area contributed by atoms with Crippen LogP contribution in [0.2, 0.25) is 0 Å². The Bertz CT molecular complexity index is 867. The topological polar surface area (TPSA) is 96.7 Å². The Kier molecular flexibility index (Phi) is 8.03. The first-order chi connectivity index (χ1) is 15.0. The summed E-state index contributed by atoms with van der Waals surface area (Å²) in [5.74, 6) is 0.828. The lowest BCUT2D eigenvalue weighted by Crippen LogP contribution is -2.35. The van der Waals surface area contributed by atoms with Crippen molar-refractivity contribution in [1.82, 2.24) is 15.5 Å². The molecule has 7 heteroatoms. The number of amides is 2. The molecule has 166 valence electrons. The highest BCUT2D eigenvalue weighted by molar-refractivity contribution is 5.80. The highest BCUT2D eigenvalue weighted by Gasteiger charge is 2.36. The summed E-state index contributed by atoms with van der Waals surface area (Å²) in [6.45, 7) is 2.64. The number of likely N-dealkylation sites (tertiary alicyclic amines) is 1. The molecule has 0 radical (unpaired) electrons. The number of rotatable bonds is 9. The molecule has 0 spiro atoms. The summed E-state index contributed by atoms with van der Waals surface area (Å²) < 4.78 is 5.18. The summed E-state index contributed by atoms with van der Waals surface area (Å²) in [4.78, 5) is 26.5. The predicted octanol–water partition coefficient (Wildman–Crippen LogP) is 1.27. The van der Waals surface area contributed by atoms with Crippen LogP contribution in [-0.4, -0.2) is 57.1 Å². The van der Waals surface area contributed by atoms with Gasteiger partial charge < -0.3 is 26.0 Å².